The van der Waals surface area contributed by atoms with E-state index in [4.69, 9.17) is 23.2 Å². The summed E-state index contributed by atoms with van der Waals surface area (Å²) in [7, 11) is 0. The van der Waals surface area contributed by atoms with E-state index in [1.54, 1.807) is 6.07 Å². The molecule has 0 heterocycles. The predicted molar refractivity (Wildman–Crippen MR) is 77.2 cm³/mol. The predicted octanol–water partition coefficient (Wildman–Crippen LogP) is 5.03. The van der Waals surface area contributed by atoms with Gasteiger partial charge in [0.2, 0.25) is 0 Å². The molecular formula is C15H20Cl2O. The van der Waals surface area contributed by atoms with E-state index in [0.717, 1.165) is 24.8 Å². The van der Waals surface area contributed by atoms with E-state index < -0.39 is 5.60 Å². The SMILES string of the molecule is CC(C)C1CCCCC1(O)c1cccc(Cl)c1Cl. The van der Waals surface area contributed by atoms with Crippen LogP contribution in [0, 0.1) is 11.8 Å². The Morgan fingerprint density at radius 1 is 1.28 bits per heavy atom. The van der Waals surface area contributed by atoms with Crippen molar-refractivity contribution in [3.05, 3.63) is 33.8 Å². The Morgan fingerprint density at radius 3 is 2.67 bits per heavy atom. The number of rotatable bonds is 2. The van der Waals surface area contributed by atoms with Crippen LogP contribution in [0.15, 0.2) is 18.2 Å². The van der Waals surface area contributed by atoms with E-state index in [-0.39, 0.29) is 5.92 Å². The van der Waals surface area contributed by atoms with Crippen molar-refractivity contribution < 1.29 is 5.11 Å². The van der Waals surface area contributed by atoms with Gasteiger partial charge in [-0.25, -0.2) is 0 Å². The fourth-order valence-electron chi connectivity index (χ4n) is 3.24. The molecule has 1 N–H and O–H groups in total. The van der Waals surface area contributed by atoms with E-state index >= 15 is 0 Å². The van der Waals surface area contributed by atoms with Crippen molar-refractivity contribution in [1.82, 2.24) is 0 Å². The van der Waals surface area contributed by atoms with Crippen molar-refractivity contribution in [3.63, 3.8) is 0 Å². The monoisotopic (exact) mass is 286 g/mol. The lowest BCUT2D eigenvalue weighted by atomic mass is 9.67. The van der Waals surface area contributed by atoms with Crippen LogP contribution in [0.4, 0.5) is 0 Å². The summed E-state index contributed by atoms with van der Waals surface area (Å²) in [4.78, 5) is 0. The molecule has 0 amide bonds. The summed E-state index contributed by atoms with van der Waals surface area (Å²) in [6.45, 7) is 4.33. The van der Waals surface area contributed by atoms with Crippen LogP contribution in [-0.4, -0.2) is 5.11 Å². The Balaban J connectivity index is 2.47. The standard InChI is InChI=1S/C15H20Cl2O/c1-10(2)11-6-3-4-9-15(11,18)12-7-5-8-13(16)14(12)17/h5,7-8,10-11,18H,3-4,6,9H2,1-2H3. The Hall–Kier alpha value is -0.240. The minimum absolute atomic E-state index is 0.252. The van der Waals surface area contributed by atoms with E-state index in [0.29, 0.717) is 16.0 Å². The van der Waals surface area contributed by atoms with Gasteiger partial charge < -0.3 is 5.11 Å². The van der Waals surface area contributed by atoms with E-state index in [1.807, 2.05) is 12.1 Å². The molecule has 2 unspecified atom stereocenters. The number of aliphatic hydroxyl groups is 1. The second kappa shape index (κ2) is 5.40. The Bertz CT molecular complexity index is 431. The van der Waals surface area contributed by atoms with Gasteiger partial charge in [0.1, 0.15) is 0 Å². The van der Waals surface area contributed by atoms with Crippen LogP contribution in [0.1, 0.15) is 45.1 Å². The molecular weight excluding hydrogens is 267 g/mol. The summed E-state index contributed by atoms with van der Waals surface area (Å²) in [5, 5.41) is 12.2. The van der Waals surface area contributed by atoms with Gasteiger partial charge in [-0.3, -0.25) is 0 Å². The normalized spacial score (nSPS) is 28.7. The first-order valence-electron chi connectivity index (χ1n) is 6.63. The van der Waals surface area contributed by atoms with Gasteiger partial charge in [-0.2, -0.15) is 0 Å². The van der Waals surface area contributed by atoms with Crippen molar-refractivity contribution in [3.8, 4) is 0 Å². The number of hydrogen-bond acceptors (Lipinski definition) is 1. The molecule has 1 aromatic carbocycles. The first-order chi connectivity index (χ1) is 8.47. The molecule has 0 aromatic heterocycles. The summed E-state index contributed by atoms with van der Waals surface area (Å²) in [6, 6.07) is 5.55. The van der Waals surface area contributed by atoms with Crippen LogP contribution in [0.25, 0.3) is 0 Å². The van der Waals surface area contributed by atoms with E-state index in [2.05, 4.69) is 13.8 Å². The zero-order valence-corrected chi connectivity index (χ0v) is 12.4. The average Bonchev–Trinajstić information content (AvgIpc) is 2.32. The maximum absolute atomic E-state index is 11.1. The summed E-state index contributed by atoms with van der Waals surface area (Å²) >= 11 is 12.4. The largest absolute Gasteiger partial charge is 0.385 e. The van der Waals surface area contributed by atoms with Gasteiger partial charge in [-0.1, -0.05) is 62.0 Å². The molecule has 1 fully saturated rings. The zero-order chi connectivity index (χ0) is 13.3. The molecule has 2 rings (SSSR count). The fourth-order valence-corrected chi connectivity index (χ4v) is 3.70. The van der Waals surface area contributed by atoms with Crippen molar-refractivity contribution >= 4 is 23.2 Å². The van der Waals surface area contributed by atoms with E-state index in [1.165, 1.54) is 6.42 Å². The third kappa shape index (κ3) is 2.41. The van der Waals surface area contributed by atoms with Gasteiger partial charge in [0.05, 0.1) is 15.6 Å². The third-order valence-electron chi connectivity index (χ3n) is 4.16. The Morgan fingerprint density at radius 2 is 2.00 bits per heavy atom. The van der Waals surface area contributed by atoms with Crippen LogP contribution in [0.2, 0.25) is 10.0 Å². The molecule has 1 aromatic rings. The smallest absolute Gasteiger partial charge is 0.0941 e. The Labute approximate surface area is 119 Å². The highest BCUT2D eigenvalue weighted by Gasteiger charge is 2.43. The average molecular weight is 287 g/mol. The van der Waals surface area contributed by atoms with Crippen molar-refractivity contribution in [2.24, 2.45) is 11.8 Å². The summed E-state index contributed by atoms with van der Waals surface area (Å²) < 4.78 is 0. The Kier molecular flexibility index (Phi) is 4.25. The second-order valence-corrected chi connectivity index (χ2v) is 6.41. The van der Waals surface area contributed by atoms with Crippen LogP contribution < -0.4 is 0 Å². The van der Waals surface area contributed by atoms with Crippen molar-refractivity contribution in [2.75, 3.05) is 0 Å². The maximum atomic E-state index is 11.1. The first-order valence-corrected chi connectivity index (χ1v) is 7.39. The van der Waals surface area contributed by atoms with Crippen LogP contribution >= 0.6 is 23.2 Å². The highest BCUT2D eigenvalue weighted by molar-refractivity contribution is 6.42. The lowest BCUT2D eigenvalue weighted by molar-refractivity contribution is -0.0720. The van der Waals surface area contributed by atoms with Gasteiger partial charge >= 0.3 is 0 Å². The molecule has 0 radical (unpaired) electrons. The molecule has 0 aliphatic heterocycles. The van der Waals surface area contributed by atoms with Crippen LogP contribution in [0.3, 0.4) is 0 Å². The zero-order valence-electron chi connectivity index (χ0n) is 10.9. The lowest BCUT2D eigenvalue weighted by Crippen LogP contribution is -2.41. The quantitative estimate of drug-likeness (QED) is 0.809. The molecule has 1 saturated carbocycles. The number of halogens is 2. The van der Waals surface area contributed by atoms with Crippen molar-refractivity contribution in [1.29, 1.82) is 0 Å². The topological polar surface area (TPSA) is 20.2 Å². The van der Waals surface area contributed by atoms with Crippen LogP contribution in [0.5, 0.6) is 0 Å². The van der Waals surface area contributed by atoms with Gasteiger partial charge in [-0.05, 0) is 30.7 Å². The van der Waals surface area contributed by atoms with Gasteiger partial charge in [0, 0.05) is 5.56 Å². The van der Waals surface area contributed by atoms with Gasteiger partial charge in [0.25, 0.3) is 0 Å². The summed E-state index contributed by atoms with van der Waals surface area (Å²) in [6.07, 6.45) is 4.05. The lowest BCUT2D eigenvalue weighted by Gasteiger charge is -2.43. The first kappa shape index (κ1) is 14.2. The highest BCUT2D eigenvalue weighted by Crippen LogP contribution is 2.48. The molecule has 3 heteroatoms. The van der Waals surface area contributed by atoms with Gasteiger partial charge in [-0.15, -0.1) is 0 Å². The van der Waals surface area contributed by atoms with Crippen molar-refractivity contribution in [2.45, 2.75) is 45.1 Å². The summed E-state index contributed by atoms with van der Waals surface area (Å²) in [5.41, 5.74) is -0.0240. The number of hydrogen-bond donors (Lipinski definition) is 1. The molecule has 2 atom stereocenters. The second-order valence-electron chi connectivity index (χ2n) is 5.62. The minimum Gasteiger partial charge on any atom is -0.385 e. The molecule has 18 heavy (non-hydrogen) atoms. The highest BCUT2D eigenvalue weighted by atomic mass is 35.5. The van der Waals surface area contributed by atoms with Gasteiger partial charge in [0.15, 0.2) is 0 Å². The molecule has 1 nitrogen and oxygen atoms in total. The van der Waals surface area contributed by atoms with E-state index in [9.17, 15) is 5.11 Å². The third-order valence-corrected chi connectivity index (χ3v) is 4.98. The summed E-state index contributed by atoms with van der Waals surface area (Å²) in [5.74, 6) is 0.688. The molecule has 1 aliphatic carbocycles. The molecule has 0 spiro atoms. The maximum Gasteiger partial charge on any atom is 0.0941 e. The molecule has 1 aliphatic rings. The fraction of sp³-hybridized carbons (Fsp3) is 0.600. The molecule has 0 bridgehead atoms. The molecule has 100 valence electrons. The van der Waals surface area contributed by atoms with Crippen LogP contribution in [-0.2, 0) is 5.60 Å². The number of benzene rings is 1. The molecule has 0 saturated heterocycles. The minimum atomic E-state index is -0.825.